The van der Waals surface area contributed by atoms with Gasteiger partial charge in [-0.05, 0) is 37.5 Å². The molecular formula is C31H32F3N7. The molecule has 0 unspecified atom stereocenters. The van der Waals surface area contributed by atoms with Crippen LogP contribution in [0.25, 0.3) is 22.6 Å². The second-order valence-corrected chi connectivity index (χ2v) is 10.8. The Labute approximate surface area is 237 Å². The predicted molar refractivity (Wildman–Crippen MR) is 155 cm³/mol. The van der Waals surface area contributed by atoms with Crippen LogP contribution in [0.3, 0.4) is 0 Å². The van der Waals surface area contributed by atoms with Crippen LogP contribution in [0.2, 0.25) is 0 Å². The number of nitrogens with zero attached hydrogens (tertiary/aromatic N) is 5. The zero-order valence-electron chi connectivity index (χ0n) is 23.1. The highest BCUT2D eigenvalue weighted by Crippen LogP contribution is 2.39. The minimum absolute atomic E-state index is 0.0612. The average molecular weight is 560 g/mol. The first-order valence-corrected chi connectivity index (χ1v) is 13.8. The van der Waals surface area contributed by atoms with Gasteiger partial charge >= 0.3 is 6.18 Å². The van der Waals surface area contributed by atoms with Gasteiger partial charge in [0.1, 0.15) is 17.5 Å². The van der Waals surface area contributed by atoms with Crippen molar-refractivity contribution in [2.75, 3.05) is 22.2 Å². The SMILES string of the molecule is C=C1N(C)c2nc(NC3CCCCC3)ncc2CN1c1cc(-c2ncc(-c3ccccc3C(F)(F)F)[nH]2)ccc1C. The van der Waals surface area contributed by atoms with Crippen molar-refractivity contribution in [1.82, 2.24) is 19.9 Å². The van der Waals surface area contributed by atoms with E-state index in [0.717, 1.165) is 52.9 Å². The average Bonchev–Trinajstić information content (AvgIpc) is 3.46. The van der Waals surface area contributed by atoms with Crippen molar-refractivity contribution in [2.24, 2.45) is 0 Å². The summed E-state index contributed by atoms with van der Waals surface area (Å²) in [5, 5.41) is 3.50. The molecule has 1 saturated carbocycles. The number of aromatic amines is 1. The molecule has 0 radical (unpaired) electrons. The summed E-state index contributed by atoms with van der Waals surface area (Å²) in [5.41, 5.74) is 3.34. The van der Waals surface area contributed by atoms with E-state index in [1.165, 1.54) is 37.6 Å². The van der Waals surface area contributed by atoms with E-state index in [1.54, 1.807) is 6.07 Å². The number of aryl methyl sites for hydroxylation is 1. The number of halogens is 3. The smallest absolute Gasteiger partial charge is 0.351 e. The lowest BCUT2D eigenvalue weighted by Gasteiger charge is -2.39. The van der Waals surface area contributed by atoms with Crippen LogP contribution in [-0.4, -0.2) is 33.0 Å². The van der Waals surface area contributed by atoms with E-state index in [-0.39, 0.29) is 5.56 Å². The van der Waals surface area contributed by atoms with Crippen LogP contribution < -0.4 is 15.1 Å². The van der Waals surface area contributed by atoms with Crippen LogP contribution in [0, 0.1) is 6.92 Å². The van der Waals surface area contributed by atoms with Gasteiger partial charge in [-0.15, -0.1) is 0 Å². The second kappa shape index (κ2) is 10.6. The molecule has 212 valence electrons. The number of hydrogen-bond acceptors (Lipinski definition) is 6. The molecule has 3 heterocycles. The molecule has 0 amide bonds. The van der Waals surface area contributed by atoms with E-state index in [9.17, 15) is 13.2 Å². The zero-order valence-corrected chi connectivity index (χ0v) is 23.1. The molecule has 41 heavy (non-hydrogen) atoms. The highest BCUT2D eigenvalue weighted by atomic mass is 19.4. The van der Waals surface area contributed by atoms with Gasteiger partial charge in [-0.2, -0.15) is 18.2 Å². The first-order chi connectivity index (χ1) is 19.7. The molecule has 1 aliphatic carbocycles. The maximum absolute atomic E-state index is 13.6. The minimum Gasteiger partial charge on any atom is -0.351 e. The van der Waals surface area contributed by atoms with E-state index in [4.69, 9.17) is 4.98 Å². The third-order valence-electron chi connectivity index (χ3n) is 8.00. The van der Waals surface area contributed by atoms with Crippen molar-refractivity contribution >= 4 is 17.5 Å². The molecule has 1 fully saturated rings. The summed E-state index contributed by atoms with van der Waals surface area (Å²) in [5.74, 6) is 2.71. The molecule has 2 aromatic heterocycles. The summed E-state index contributed by atoms with van der Waals surface area (Å²) in [6.07, 6.45) is 4.87. The van der Waals surface area contributed by atoms with Crippen LogP contribution in [0.5, 0.6) is 0 Å². The predicted octanol–water partition coefficient (Wildman–Crippen LogP) is 7.53. The molecule has 0 spiro atoms. The number of nitrogens with one attached hydrogen (secondary N) is 2. The Kier molecular flexibility index (Phi) is 6.93. The summed E-state index contributed by atoms with van der Waals surface area (Å²) in [6.45, 7) is 6.91. The van der Waals surface area contributed by atoms with E-state index in [2.05, 4.69) is 31.7 Å². The monoisotopic (exact) mass is 559 g/mol. The number of rotatable bonds is 5. The third kappa shape index (κ3) is 5.26. The van der Waals surface area contributed by atoms with Crippen molar-refractivity contribution < 1.29 is 13.2 Å². The van der Waals surface area contributed by atoms with Crippen molar-refractivity contribution in [3.05, 3.63) is 83.9 Å². The third-order valence-corrected chi connectivity index (χ3v) is 8.00. The zero-order chi connectivity index (χ0) is 28.7. The number of benzene rings is 2. The molecule has 0 bridgehead atoms. The Morgan fingerprint density at radius 3 is 2.59 bits per heavy atom. The van der Waals surface area contributed by atoms with Crippen molar-refractivity contribution in [3.8, 4) is 22.6 Å². The molecule has 1 aliphatic heterocycles. The number of anilines is 3. The van der Waals surface area contributed by atoms with Gasteiger partial charge in [0.25, 0.3) is 0 Å². The quantitative estimate of drug-likeness (QED) is 0.263. The van der Waals surface area contributed by atoms with Crippen molar-refractivity contribution in [1.29, 1.82) is 0 Å². The molecule has 2 N–H and O–H groups in total. The molecule has 0 saturated heterocycles. The second-order valence-electron chi connectivity index (χ2n) is 10.8. The Morgan fingerprint density at radius 1 is 1.02 bits per heavy atom. The maximum Gasteiger partial charge on any atom is 0.417 e. The lowest BCUT2D eigenvalue weighted by molar-refractivity contribution is -0.137. The summed E-state index contributed by atoms with van der Waals surface area (Å²) >= 11 is 0. The van der Waals surface area contributed by atoms with Crippen LogP contribution >= 0.6 is 0 Å². The van der Waals surface area contributed by atoms with Gasteiger partial charge in [0.05, 0.1) is 24.0 Å². The Balaban J connectivity index is 1.28. The van der Waals surface area contributed by atoms with E-state index in [1.807, 2.05) is 43.3 Å². The lowest BCUT2D eigenvalue weighted by Crippen LogP contribution is -2.38. The van der Waals surface area contributed by atoms with Crippen LogP contribution in [0.1, 0.15) is 48.8 Å². The first kappa shape index (κ1) is 26.9. The maximum atomic E-state index is 13.6. The van der Waals surface area contributed by atoms with Gasteiger partial charge in [0, 0.05) is 41.7 Å². The molecule has 4 aromatic rings. The summed E-state index contributed by atoms with van der Waals surface area (Å²) in [4.78, 5) is 21.0. The number of imidazole rings is 1. The molecule has 6 rings (SSSR count). The number of H-pyrrole nitrogens is 1. The fraction of sp³-hybridized carbons (Fsp3) is 0.323. The number of hydrogen-bond donors (Lipinski definition) is 2. The number of alkyl halides is 3. The number of aromatic nitrogens is 4. The summed E-state index contributed by atoms with van der Waals surface area (Å²) in [6, 6.07) is 11.8. The lowest BCUT2D eigenvalue weighted by atomic mass is 9.96. The Hall–Kier alpha value is -4.34. The fourth-order valence-corrected chi connectivity index (χ4v) is 5.71. The first-order valence-electron chi connectivity index (χ1n) is 13.8. The van der Waals surface area contributed by atoms with Crippen LogP contribution in [-0.2, 0) is 12.7 Å². The van der Waals surface area contributed by atoms with Gasteiger partial charge < -0.3 is 20.1 Å². The Morgan fingerprint density at radius 2 is 1.80 bits per heavy atom. The van der Waals surface area contributed by atoms with Gasteiger partial charge in [0.15, 0.2) is 0 Å². The normalized spacial score (nSPS) is 16.2. The molecule has 0 atom stereocenters. The minimum atomic E-state index is -4.47. The molecular weight excluding hydrogens is 527 g/mol. The molecule has 2 aromatic carbocycles. The van der Waals surface area contributed by atoms with Gasteiger partial charge in [0.2, 0.25) is 5.95 Å². The molecule has 2 aliphatic rings. The topological polar surface area (TPSA) is 73.0 Å². The summed E-state index contributed by atoms with van der Waals surface area (Å²) in [7, 11) is 1.95. The van der Waals surface area contributed by atoms with Crippen molar-refractivity contribution in [3.63, 3.8) is 0 Å². The molecule has 10 heteroatoms. The molecule has 7 nitrogen and oxygen atoms in total. The van der Waals surface area contributed by atoms with Crippen molar-refractivity contribution in [2.45, 2.75) is 57.8 Å². The van der Waals surface area contributed by atoms with Gasteiger partial charge in [-0.25, -0.2) is 9.97 Å². The van der Waals surface area contributed by atoms with Crippen LogP contribution in [0.15, 0.2) is 67.3 Å². The highest BCUT2D eigenvalue weighted by Gasteiger charge is 2.34. The van der Waals surface area contributed by atoms with E-state index >= 15 is 0 Å². The largest absolute Gasteiger partial charge is 0.417 e. The number of fused-ring (bicyclic) bond motifs is 1. The highest BCUT2D eigenvalue weighted by molar-refractivity contribution is 5.74. The van der Waals surface area contributed by atoms with E-state index < -0.39 is 11.7 Å². The van der Waals surface area contributed by atoms with E-state index in [0.29, 0.717) is 30.1 Å². The van der Waals surface area contributed by atoms with Gasteiger partial charge in [-0.1, -0.05) is 56.2 Å². The van der Waals surface area contributed by atoms with Gasteiger partial charge in [-0.3, -0.25) is 0 Å². The van der Waals surface area contributed by atoms with Crippen LogP contribution in [0.4, 0.5) is 30.6 Å². The Bertz CT molecular complexity index is 1590. The fourth-order valence-electron chi connectivity index (χ4n) is 5.71. The standard InChI is InChI=1S/C31H32F3N7/c1-19-13-14-21(28-35-17-26(38-28)24-11-7-8-12-25(24)31(32,33)34)15-27(19)41-18-22-16-36-30(37-23-9-5-4-6-10-23)39-29(22)40(3)20(41)2/h7-8,11-17,23H,2,4-6,9-10,18H2,1,3H3,(H,35,38)(H,36,37,39). The summed E-state index contributed by atoms with van der Waals surface area (Å²) < 4.78 is 40.8.